The van der Waals surface area contributed by atoms with Crippen molar-refractivity contribution >= 4 is 12.6 Å². The fraction of sp³-hybridized carbons (Fsp3) is 0.647. The average Bonchev–Trinajstić information content (AvgIpc) is 3.04. The van der Waals surface area contributed by atoms with E-state index in [9.17, 15) is 0 Å². The van der Waals surface area contributed by atoms with E-state index in [0.717, 1.165) is 24.4 Å². The molecule has 0 amide bonds. The maximum Gasteiger partial charge on any atom is 0.494 e. The smallest absolute Gasteiger partial charge is 0.492 e. The molecule has 1 atom stereocenters. The standard InChI is InChI=1S/C17H26BNO3/c1-16(2)17(3,4)22-18(21-16)13-7-9-15(10-8-13)20-12-14-6-5-11-19-14/h7-10,14,19H,5-6,11-12H2,1-4H3. The van der Waals surface area contributed by atoms with Crippen LogP contribution in [0.1, 0.15) is 40.5 Å². The van der Waals surface area contributed by atoms with Gasteiger partial charge >= 0.3 is 7.12 Å². The predicted octanol–water partition coefficient (Wildman–Crippen LogP) is 2.12. The first-order valence-corrected chi connectivity index (χ1v) is 8.19. The number of rotatable bonds is 4. The molecular weight excluding hydrogens is 277 g/mol. The molecule has 4 nitrogen and oxygen atoms in total. The van der Waals surface area contributed by atoms with Crippen LogP contribution < -0.4 is 15.5 Å². The van der Waals surface area contributed by atoms with Crippen molar-refractivity contribution < 1.29 is 14.0 Å². The first-order valence-electron chi connectivity index (χ1n) is 8.19. The van der Waals surface area contributed by atoms with Crippen molar-refractivity contribution in [2.75, 3.05) is 13.2 Å². The highest BCUT2D eigenvalue weighted by Gasteiger charge is 2.51. The Morgan fingerprint density at radius 2 is 1.77 bits per heavy atom. The van der Waals surface area contributed by atoms with Gasteiger partial charge in [-0.25, -0.2) is 0 Å². The molecule has 1 aromatic rings. The molecule has 0 aliphatic carbocycles. The Bertz CT molecular complexity index is 493. The van der Waals surface area contributed by atoms with Crippen molar-refractivity contribution in [1.29, 1.82) is 0 Å². The van der Waals surface area contributed by atoms with E-state index >= 15 is 0 Å². The minimum Gasteiger partial charge on any atom is -0.492 e. The zero-order valence-electron chi connectivity index (χ0n) is 14.0. The monoisotopic (exact) mass is 303 g/mol. The molecule has 1 unspecified atom stereocenters. The Kier molecular flexibility index (Phi) is 4.23. The second-order valence-electron chi connectivity index (χ2n) is 7.26. The molecule has 2 heterocycles. The number of nitrogens with one attached hydrogen (secondary N) is 1. The Labute approximate surface area is 133 Å². The van der Waals surface area contributed by atoms with Gasteiger partial charge in [0.2, 0.25) is 0 Å². The van der Waals surface area contributed by atoms with Crippen LogP contribution in [0.3, 0.4) is 0 Å². The highest BCUT2D eigenvalue weighted by Crippen LogP contribution is 2.36. The van der Waals surface area contributed by atoms with Gasteiger partial charge in [0.1, 0.15) is 12.4 Å². The number of hydrogen-bond acceptors (Lipinski definition) is 4. The van der Waals surface area contributed by atoms with Gasteiger partial charge in [-0.3, -0.25) is 0 Å². The summed E-state index contributed by atoms with van der Waals surface area (Å²) in [4.78, 5) is 0. The second kappa shape index (κ2) is 5.87. The summed E-state index contributed by atoms with van der Waals surface area (Å²) in [6, 6.07) is 8.53. The third kappa shape index (κ3) is 3.17. The summed E-state index contributed by atoms with van der Waals surface area (Å²) < 4.78 is 18.0. The lowest BCUT2D eigenvalue weighted by Gasteiger charge is -2.32. The normalized spacial score (nSPS) is 26.4. The van der Waals surface area contributed by atoms with Crippen molar-refractivity contribution in [2.45, 2.75) is 57.8 Å². The minimum atomic E-state index is -0.310. The highest BCUT2D eigenvalue weighted by atomic mass is 16.7. The molecule has 0 aromatic heterocycles. The SMILES string of the molecule is CC1(C)OB(c2ccc(OCC3CCCN3)cc2)OC1(C)C. The number of ether oxygens (including phenoxy) is 1. The number of benzene rings is 1. The molecule has 0 spiro atoms. The van der Waals surface area contributed by atoms with Crippen LogP contribution in [0.15, 0.2) is 24.3 Å². The van der Waals surface area contributed by atoms with Gasteiger partial charge in [0.05, 0.1) is 11.2 Å². The first kappa shape index (κ1) is 15.8. The van der Waals surface area contributed by atoms with Crippen molar-refractivity contribution in [3.63, 3.8) is 0 Å². The molecule has 0 saturated carbocycles. The minimum absolute atomic E-state index is 0.305. The van der Waals surface area contributed by atoms with E-state index in [2.05, 4.69) is 33.0 Å². The molecule has 2 aliphatic heterocycles. The Balaban J connectivity index is 1.60. The summed E-state index contributed by atoms with van der Waals surface area (Å²) in [5, 5.41) is 3.44. The van der Waals surface area contributed by atoms with Crippen LogP contribution in [0.4, 0.5) is 0 Å². The molecule has 0 bridgehead atoms. The fourth-order valence-electron chi connectivity index (χ4n) is 2.80. The third-order valence-electron chi connectivity index (χ3n) is 5.02. The molecule has 0 radical (unpaired) electrons. The largest absolute Gasteiger partial charge is 0.494 e. The molecule has 5 heteroatoms. The van der Waals surface area contributed by atoms with E-state index in [4.69, 9.17) is 14.0 Å². The van der Waals surface area contributed by atoms with Crippen molar-refractivity contribution in [1.82, 2.24) is 5.32 Å². The molecule has 2 aliphatic rings. The molecule has 1 aromatic carbocycles. The lowest BCUT2D eigenvalue weighted by molar-refractivity contribution is 0.00578. The lowest BCUT2D eigenvalue weighted by atomic mass is 9.79. The van der Waals surface area contributed by atoms with Crippen molar-refractivity contribution in [3.8, 4) is 5.75 Å². The van der Waals surface area contributed by atoms with Crippen LogP contribution in [0.2, 0.25) is 0 Å². The molecule has 3 rings (SSSR count). The van der Waals surface area contributed by atoms with E-state index in [1.807, 2.05) is 24.3 Å². The maximum atomic E-state index is 6.06. The van der Waals surface area contributed by atoms with Crippen molar-refractivity contribution in [2.24, 2.45) is 0 Å². The molecule has 1 N–H and O–H groups in total. The Morgan fingerprint density at radius 3 is 2.32 bits per heavy atom. The molecule has 2 fully saturated rings. The summed E-state index contributed by atoms with van der Waals surface area (Å²) in [5.74, 6) is 0.897. The van der Waals surface area contributed by atoms with Crippen molar-refractivity contribution in [3.05, 3.63) is 24.3 Å². The van der Waals surface area contributed by atoms with Crippen LogP contribution in [0.5, 0.6) is 5.75 Å². The zero-order valence-corrected chi connectivity index (χ0v) is 14.0. The lowest BCUT2D eigenvalue weighted by Crippen LogP contribution is -2.41. The van der Waals surface area contributed by atoms with Gasteiger partial charge in [-0.15, -0.1) is 0 Å². The Hall–Kier alpha value is -1.04. The van der Waals surface area contributed by atoms with Gasteiger partial charge in [-0.05, 0) is 64.7 Å². The third-order valence-corrected chi connectivity index (χ3v) is 5.02. The van der Waals surface area contributed by atoms with Crippen LogP contribution in [-0.2, 0) is 9.31 Å². The number of hydrogen-bond donors (Lipinski definition) is 1. The second-order valence-corrected chi connectivity index (χ2v) is 7.26. The molecular formula is C17H26BNO3. The van der Waals surface area contributed by atoms with E-state index in [0.29, 0.717) is 6.04 Å². The summed E-state index contributed by atoms with van der Waals surface area (Å²) in [5.41, 5.74) is 0.423. The quantitative estimate of drug-likeness (QED) is 0.865. The molecule has 120 valence electrons. The average molecular weight is 303 g/mol. The van der Waals surface area contributed by atoms with E-state index in [1.54, 1.807) is 0 Å². The van der Waals surface area contributed by atoms with Crippen LogP contribution in [0, 0.1) is 0 Å². The topological polar surface area (TPSA) is 39.7 Å². The van der Waals surface area contributed by atoms with Crippen LogP contribution in [0.25, 0.3) is 0 Å². The maximum absolute atomic E-state index is 6.06. The Morgan fingerprint density at radius 1 is 1.14 bits per heavy atom. The van der Waals surface area contributed by atoms with Gasteiger partial charge in [-0.2, -0.15) is 0 Å². The van der Waals surface area contributed by atoms with E-state index in [-0.39, 0.29) is 18.3 Å². The van der Waals surface area contributed by atoms with Gasteiger partial charge < -0.3 is 19.4 Å². The predicted molar refractivity (Wildman–Crippen MR) is 88.7 cm³/mol. The zero-order chi connectivity index (χ0) is 15.8. The van der Waals surface area contributed by atoms with Gasteiger partial charge in [0, 0.05) is 6.04 Å². The van der Waals surface area contributed by atoms with E-state index in [1.165, 1.54) is 12.8 Å². The molecule has 22 heavy (non-hydrogen) atoms. The summed E-state index contributed by atoms with van der Waals surface area (Å²) in [6.07, 6.45) is 2.45. The fourth-order valence-corrected chi connectivity index (χ4v) is 2.80. The highest BCUT2D eigenvalue weighted by molar-refractivity contribution is 6.62. The first-order chi connectivity index (χ1) is 10.4. The van der Waals surface area contributed by atoms with E-state index < -0.39 is 0 Å². The summed E-state index contributed by atoms with van der Waals surface area (Å²) >= 11 is 0. The van der Waals surface area contributed by atoms with Crippen LogP contribution in [-0.4, -0.2) is 37.5 Å². The van der Waals surface area contributed by atoms with Gasteiger partial charge in [0.25, 0.3) is 0 Å². The van der Waals surface area contributed by atoms with Gasteiger partial charge in [0.15, 0.2) is 0 Å². The van der Waals surface area contributed by atoms with Crippen LogP contribution >= 0.6 is 0 Å². The molecule has 2 saturated heterocycles. The summed E-state index contributed by atoms with van der Waals surface area (Å²) in [7, 11) is -0.310. The van der Waals surface area contributed by atoms with Gasteiger partial charge in [-0.1, -0.05) is 12.1 Å². The summed E-state index contributed by atoms with van der Waals surface area (Å²) in [6.45, 7) is 10.1.